The number of azo groups is 1. The average Bonchev–Trinajstić information content (AvgIpc) is 2.67. The summed E-state index contributed by atoms with van der Waals surface area (Å²) in [4.78, 5) is 0. The highest BCUT2D eigenvalue weighted by molar-refractivity contribution is 5.83. The fraction of sp³-hybridized carbons (Fsp3) is 0.308. The van der Waals surface area contributed by atoms with Crippen LogP contribution >= 0.6 is 0 Å². The Bertz CT molecular complexity index is 491. The SMILES string of the molecule is COc1ccc(N=NC2=[N+](C)C=CC2C)cc1.[Cl-]. The fourth-order valence-corrected chi connectivity index (χ4v) is 1.66. The topological polar surface area (TPSA) is 37.0 Å². The van der Waals surface area contributed by atoms with Crippen LogP contribution in [0.25, 0.3) is 0 Å². The molecule has 0 aromatic heterocycles. The van der Waals surface area contributed by atoms with Crippen molar-refractivity contribution in [1.82, 2.24) is 0 Å². The van der Waals surface area contributed by atoms with Crippen LogP contribution in [0.5, 0.6) is 5.75 Å². The highest BCUT2D eigenvalue weighted by atomic mass is 35.5. The molecule has 0 fully saturated rings. The van der Waals surface area contributed by atoms with Crippen LogP contribution in [0, 0.1) is 5.92 Å². The van der Waals surface area contributed by atoms with Crippen LogP contribution < -0.4 is 17.1 Å². The Labute approximate surface area is 113 Å². The first-order valence-electron chi connectivity index (χ1n) is 5.54. The minimum absolute atomic E-state index is 0. The van der Waals surface area contributed by atoms with Crippen molar-refractivity contribution in [2.75, 3.05) is 14.2 Å². The van der Waals surface area contributed by atoms with Crippen LogP contribution in [-0.4, -0.2) is 24.6 Å². The molecule has 5 heteroatoms. The molecule has 1 atom stereocenters. The molecule has 0 saturated heterocycles. The number of hydrogen-bond acceptors (Lipinski definition) is 3. The van der Waals surface area contributed by atoms with E-state index in [4.69, 9.17) is 4.74 Å². The highest BCUT2D eigenvalue weighted by Crippen LogP contribution is 2.19. The van der Waals surface area contributed by atoms with E-state index < -0.39 is 0 Å². The number of ether oxygens (including phenoxy) is 1. The average molecular weight is 266 g/mol. The van der Waals surface area contributed by atoms with Crippen molar-refractivity contribution in [3.63, 3.8) is 0 Å². The molecular weight excluding hydrogens is 250 g/mol. The summed E-state index contributed by atoms with van der Waals surface area (Å²) in [5.41, 5.74) is 0.825. The lowest BCUT2D eigenvalue weighted by Crippen LogP contribution is -3.00. The standard InChI is InChI=1S/C13H16N3O.ClH/c1-10-8-9-16(2)13(10)15-14-11-4-6-12(17-3)7-5-11;/h4-10H,1-3H3;1H/q+1;/p-1. The van der Waals surface area contributed by atoms with Crippen LogP contribution in [0.2, 0.25) is 0 Å². The molecule has 0 amide bonds. The van der Waals surface area contributed by atoms with E-state index in [-0.39, 0.29) is 12.4 Å². The zero-order valence-electron chi connectivity index (χ0n) is 10.7. The van der Waals surface area contributed by atoms with Gasteiger partial charge >= 0.3 is 5.84 Å². The van der Waals surface area contributed by atoms with Crippen molar-refractivity contribution in [3.8, 4) is 5.75 Å². The molecule has 0 saturated carbocycles. The zero-order chi connectivity index (χ0) is 12.3. The van der Waals surface area contributed by atoms with E-state index in [1.54, 1.807) is 7.11 Å². The summed E-state index contributed by atoms with van der Waals surface area (Å²) < 4.78 is 7.07. The number of nitrogens with zero attached hydrogens (tertiary/aromatic N) is 3. The molecule has 0 N–H and O–H groups in total. The predicted molar refractivity (Wildman–Crippen MR) is 67.0 cm³/mol. The van der Waals surface area contributed by atoms with E-state index in [1.165, 1.54) is 0 Å². The van der Waals surface area contributed by atoms with Gasteiger partial charge in [-0.2, -0.15) is 0 Å². The normalized spacial score (nSPS) is 18.3. The van der Waals surface area contributed by atoms with Crippen LogP contribution in [0.4, 0.5) is 5.69 Å². The first-order chi connectivity index (χ1) is 8.20. The summed E-state index contributed by atoms with van der Waals surface area (Å²) in [6.07, 6.45) is 4.11. The van der Waals surface area contributed by atoms with Crippen molar-refractivity contribution >= 4 is 11.5 Å². The quantitative estimate of drug-likeness (QED) is 0.547. The fourth-order valence-electron chi connectivity index (χ4n) is 1.66. The molecule has 2 rings (SSSR count). The minimum atomic E-state index is 0. The molecule has 1 unspecified atom stereocenters. The van der Waals surface area contributed by atoms with Crippen LogP contribution in [0.1, 0.15) is 6.92 Å². The zero-order valence-corrected chi connectivity index (χ0v) is 11.4. The number of rotatable bonds is 2. The van der Waals surface area contributed by atoms with E-state index in [1.807, 2.05) is 42.1 Å². The van der Waals surface area contributed by atoms with Gasteiger partial charge in [-0.1, -0.05) is 0 Å². The summed E-state index contributed by atoms with van der Waals surface area (Å²) in [7, 11) is 3.62. The highest BCUT2D eigenvalue weighted by Gasteiger charge is 2.22. The van der Waals surface area contributed by atoms with Gasteiger partial charge in [0.2, 0.25) is 0 Å². The Balaban J connectivity index is 0.00000162. The van der Waals surface area contributed by atoms with E-state index in [0.717, 1.165) is 17.3 Å². The third-order valence-corrected chi connectivity index (χ3v) is 2.71. The van der Waals surface area contributed by atoms with Gasteiger partial charge in [0.05, 0.1) is 31.4 Å². The molecule has 1 aliphatic heterocycles. The van der Waals surface area contributed by atoms with Crippen molar-refractivity contribution in [1.29, 1.82) is 0 Å². The van der Waals surface area contributed by atoms with Crippen LogP contribution in [0.15, 0.2) is 46.8 Å². The molecule has 0 spiro atoms. The summed E-state index contributed by atoms with van der Waals surface area (Å²) in [6, 6.07) is 7.52. The first kappa shape index (κ1) is 14.4. The van der Waals surface area contributed by atoms with Gasteiger partial charge in [-0.15, -0.1) is 0 Å². The maximum Gasteiger partial charge on any atom is 0.332 e. The van der Waals surface area contributed by atoms with E-state index in [0.29, 0.717) is 5.92 Å². The van der Waals surface area contributed by atoms with Crippen molar-refractivity contribution in [3.05, 3.63) is 36.5 Å². The number of halogens is 1. The second-order valence-corrected chi connectivity index (χ2v) is 4.00. The maximum absolute atomic E-state index is 5.09. The number of amidine groups is 1. The minimum Gasteiger partial charge on any atom is -1.00 e. The van der Waals surface area contributed by atoms with Crippen molar-refractivity contribution in [2.45, 2.75) is 6.92 Å². The second-order valence-electron chi connectivity index (χ2n) is 4.00. The molecule has 1 heterocycles. The van der Waals surface area contributed by atoms with Gasteiger partial charge in [0.1, 0.15) is 11.4 Å². The molecule has 96 valence electrons. The Morgan fingerprint density at radius 2 is 1.83 bits per heavy atom. The Kier molecular flexibility index (Phi) is 5.04. The molecular formula is C13H16ClN3O. The number of hydrogen-bond donors (Lipinski definition) is 0. The van der Waals surface area contributed by atoms with Crippen LogP contribution in [0.3, 0.4) is 0 Å². The molecule has 1 aromatic carbocycles. The Hall–Kier alpha value is -1.68. The summed E-state index contributed by atoms with van der Waals surface area (Å²) in [6.45, 7) is 2.10. The molecule has 4 nitrogen and oxygen atoms in total. The lowest BCUT2D eigenvalue weighted by Gasteiger charge is -1.97. The van der Waals surface area contributed by atoms with Gasteiger partial charge in [0.25, 0.3) is 0 Å². The molecule has 0 radical (unpaired) electrons. The Morgan fingerprint density at radius 3 is 2.33 bits per heavy atom. The maximum atomic E-state index is 5.09. The number of methoxy groups -OCH3 is 1. The molecule has 18 heavy (non-hydrogen) atoms. The van der Waals surface area contributed by atoms with Crippen LogP contribution in [-0.2, 0) is 0 Å². The van der Waals surface area contributed by atoms with E-state index in [9.17, 15) is 0 Å². The molecule has 0 aliphatic carbocycles. The summed E-state index contributed by atoms with van der Waals surface area (Å²) in [5.74, 6) is 2.10. The summed E-state index contributed by atoms with van der Waals surface area (Å²) in [5, 5.41) is 8.49. The first-order valence-corrected chi connectivity index (χ1v) is 5.54. The molecule has 1 aliphatic rings. The van der Waals surface area contributed by atoms with Gasteiger partial charge in [-0.3, -0.25) is 0 Å². The molecule has 0 bridgehead atoms. The van der Waals surface area contributed by atoms with Gasteiger partial charge in [0.15, 0.2) is 0 Å². The lowest BCUT2D eigenvalue weighted by atomic mass is 10.2. The monoisotopic (exact) mass is 265 g/mol. The van der Waals surface area contributed by atoms with Gasteiger partial charge in [-0.05, 0) is 42.4 Å². The summed E-state index contributed by atoms with van der Waals surface area (Å²) >= 11 is 0. The third-order valence-electron chi connectivity index (χ3n) is 2.71. The molecule has 1 aromatic rings. The lowest BCUT2D eigenvalue weighted by molar-refractivity contribution is -0.420. The Morgan fingerprint density at radius 1 is 1.17 bits per heavy atom. The van der Waals surface area contributed by atoms with E-state index in [2.05, 4.69) is 23.2 Å². The van der Waals surface area contributed by atoms with Gasteiger partial charge < -0.3 is 17.1 Å². The third kappa shape index (κ3) is 3.17. The van der Waals surface area contributed by atoms with E-state index >= 15 is 0 Å². The predicted octanol–water partition coefficient (Wildman–Crippen LogP) is -0.0129. The second kappa shape index (κ2) is 6.31. The van der Waals surface area contributed by atoms with Crippen molar-refractivity contribution < 1.29 is 21.7 Å². The van der Waals surface area contributed by atoms with Crippen molar-refractivity contribution in [2.24, 2.45) is 16.1 Å². The van der Waals surface area contributed by atoms with Gasteiger partial charge in [-0.25, -0.2) is 4.58 Å². The smallest absolute Gasteiger partial charge is 0.332 e. The largest absolute Gasteiger partial charge is 1.00 e. The van der Waals surface area contributed by atoms with Gasteiger partial charge in [0, 0.05) is 0 Å². The number of benzene rings is 1.